The number of nitrogens with two attached hydrogens (primary N) is 2. The molecule has 2 aliphatic rings. The Morgan fingerprint density at radius 3 is 2.55 bits per heavy atom. The van der Waals surface area contributed by atoms with Crippen molar-refractivity contribution in [1.29, 1.82) is 0 Å². The number of methoxy groups -OCH3 is 1. The number of hydrogen-bond donors (Lipinski definition) is 6. The smallest absolute Gasteiger partial charge is 0.386 e. The van der Waals surface area contributed by atoms with E-state index in [2.05, 4.69) is 54.4 Å². The van der Waals surface area contributed by atoms with Crippen LogP contribution in [-0.2, 0) is 36.9 Å². The van der Waals surface area contributed by atoms with Crippen molar-refractivity contribution in [2.24, 2.45) is 0 Å². The minimum Gasteiger partial charge on any atom is -0.394 e. The maximum absolute atomic E-state index is 15.6. The molecule has 10 atom stereocenters. The van der Waals surface area contributed by atoms with Crippen LogP contribution in [0.25, 0.3) is 22.3 Å². The second-order valence-electron chi connectivity index (χ2n) is 10.7. The van der Waals surface area contributed by atoms with Gasteiger partial charge in [0.15, 0.2) is 41.3 Å². The van der Waals surface area contributed by atoms with Gasteiger partial charge in [0.1, 0.15) is 41.9 Å². The summed E-state index contributed by atoms with van der Waals surface area (Å²) in [4.78, 5) is 35.0. The quantitative estimate of drug-likeness (QED) is 0.0917. The molecule has 6 rings (SSSR count). The summed E-state index contributed by atoms with van der Waals surface area (Å²) < 4.78 is 78.6. The Kier molecular flexibility index (Phi) is 9.43. The van der Waals surface area contributed by atoms with Crippen molar-refractivity contribution in [3.8, 4) is 0 Å². The fraction of sp³-hybridized carbons (Fsp3) is 0.545. The summed E-state index contributed by atoms with van der Waals surface area (Å²) in [6.45, 7) is -4.37. The fourth-order valence-corrected chi connectivity index (χ4v) is 7.99. The van der Waals surface area contributed by atoms with Gasteiger partial charge in [-0.3, -0.25) is 32.5 Å². The maximum atomic E-state index is 15.6. The first kappa shape index (κ1) is 34.2. The molecule has 0 saturated carbocycles. The Morgan fingerprint density at radius 1 is 1.17 bits per heavy atom. The van der Waals surface area contributed by atoms with Gasteiger partial charge in [-0.1, -0.05) is 24.5 Å². The minimum atomic E-state index is -4.52. The van der Waals surface area contributed by atoms with Crippen LogP contribution in [0.1, 0.15) is 19.4 Å². The summed E-state index contributed by atoms with van der Waals surface area (Å²) in [6, 6.07) is 0. The number of nitrogens with zero attached hydrogens (tertiary/aromatic N) is 7. The topological polar surface area (TPSA) is 269 Å². The number of imidazole rings is 2. The number of alkyl halides is 1. The lowest BCUT2D eigenvalue weighted by molar-refractivity contribution is -0.109. The highest BCUT2D eigenvalue weighted by molar-refractivity contribution is 8.44. The highest BCUT2D eigenvalue weighted by atomic mass is 32.7. The van der Waals surface area contributed by atoms with Gasteiger partial charge in [-0.15, -0.1) is 0 Å². The van der Waals surface area contributed by atoms with Gasteiger partial charge in [-0.25, -0.2) is 28.9 Å². The molecule has 20 nitrogen and oxygen atoms in total. The van der Waals surface area contributed by atoms with E-state index in [1.165, 1.54) is 31.3 Å². The number of aromatic nitrogens is 8. The average Bonchev–Trinajstić information content (AvgIpc) is 3.76. The van der Waals surface area contributed by atoms with E-state index in [0.29, 0.717) is 5.65 Å². The number of rotatable bonds is 11. The van der Waals surface area contributed by atoms with Crippen molar-refractivity contribution in [1.82, 2.24) is 39.0 Å². The number of H-pyrrole nitrogens is 1. The number of fused-ring (bicyclic) bond motifs is 2. The Bertz CT molecular complexity index is 1940. The summed E-state index contributed by atoms with van der Waals surface area (Å²) in [5.74, 6) is -0.136. The van der Waals surface area contributed by atoms with Crippen molar-refractivity contribution in [3.05, 3.63) is 29.3 Å². The first-order valence-electron chi connectivity index (χ1n) is 13.6. The average molecular weight is 739 g/mol. The number of nitrogens with one attached hydrogen (secondary N) is 1. The summed E-state index contributed by atoms with van der Waals surface area (Å²) in [7, 11) is -1.55. The molecule has 0 aliphatic carbocycles. The van der Waals surface area contributed by atoms with E-state index in [4.69, 9.17) is 39.2 Å². The molecule has 256 valence electrons. The number of aromatic amines is 1. The molecule has 2 fully saturated rings. The standard InChI is InChI=1S/C22H29FN10O10P2S2/c1-22(14(42-44(36)46)13(38-2)20(41-22)32-6-28-10-15(24)26-5-27-16(10)32)4-39-45(37,47)43-12-9(23)8(3-34)40-19(12)33-7-29-11-17(33)30-21(25)31-18(11)35/h5-9,12-14,19-20,34,44H,3-4H2,1-2H3,(H,36,46)(H,37,47)(H2,24,26,27)(H3,25,30,31,35)/t8-,9-,12-,13-,14+,19-,20+,22-,45?/m1/s1. The summed E-state index contributed by atoms with van der Waals surface area (Å²) in [6.07, 6.45) is -6.01. The lowest BCUT2D eigenvalue weighted by Gasteiger charge is -2.31. The number of hydrogen-bond acceptors (Lipinski definition) is 17. The van der Waals surface area contributed by atoms with Crippen molar-refractivity contribution in [2.45, 2.75) is 55.6 Å². The Hall–Kier alpha value is -2.69. The number of anilines is 2. The number of thiol groups is 2. The molecule has 6 N–H and O–H groups in total. The zero-order valence-electron chi connectivity index (χ0n) is 24.3. The predicted molar refractivity (Wildman–Crippen MR) is 168 cm³/mol. The number of ether oxygens (including phenoxy) is 3. The number of aliphatic hydroxyl groups is 1. The monoisotopic (exact) mass is 738 g/mol. The Morgan fingerprint density at radius 2 is 1.87 bits per heavy atom. The minimum absolute atomic E-state index is 0.0879. The van der Waals surface area contributed by atoms with Crippen LogP contribution in [0.5, 0.6) is 0 Å². The molecule has 0 radical (unpaired) electrons. The van der Waals surface area contributed by atoms with E-state index in [1.807, 2.05) is 0 Å². The van der Waals surface area contributed by atoms with Crippen LogP contribution in [0.3, 0.4) is 0 Å². The van der Waals surface area contributed by atoms with Crippen LogP contribution in [0, 0.1) is 0 Å². The molecule has 0 aromatic carbocycles. The third-order valence-electron chi connectivity index (χ3n) is 7.67. The van der Waals surface area contributed by atoms with E-state index in [-0.39, 0.29) is 28.4 Å². The molecule has 4 aromatic rings. The van der Waals surface area contributed by atoms with E-state index in [1.54, 1.807) is 0 Å². The first-order valence-corrected chi connectivity index (χ1v) is 18.9. The SMILES string of the molecule is CO[C@H]1[C@@H](n2cnc3c(N)ncnc32)O[C@](C)(COP(=O)(S)O[C@@H]2[C@H](F)[C@@H](CO)O[C@H]2n2cnc3c(=O)[nH]c(N)nc32)[C@H]1O[PH](=O)S. The second-order valence-corrected chi connectivity index (χ2v) is 15.4. The molecule has 0 spiro atoms. The second kappa shape index (κ2) is 13.0. The molecule has 25 heteroatoms. The molecular weight excluding hydrogens is 709 g/mol. The summed E-state index contributed by atoms with van der Waals surface area (Å²) >= 11 is 7.99. The molecule has 2 unspecified atom stereocenters. The number of nitrogen functional groups attached to an aromatic ring is 2. The van der Waals surface area contributed by atoms with Gasteiger partial charge < -0.3 is 35.3 Å². The van der Waals surface area contributed by atoms with Crippen molar-refractivity contribution >= 4 is 72.6 Å². The molecule has 47 heavy (non-hydrogen) atoms. The normalized spacial score (nSPS) is 31.5. The Labute approximate surface area is 274 Å². The van der Waals surface area contributed by atoms with Crippen molar-refractivity contribution < 1.29 is 46.4 Å². The van der Waals surface area contributed by atoms with Crippen LogP contribution in [0.4, 0.5) is 16.2 Å². The van der Waals surface area contributed by atoms with Gasteiger partial charge >= 0.3 is 6.80 Å². The van der Waals surface area contributed by atoms with Gasteiger partial charge in [0.05, 0.1) is 25.9 Å². The number of halogens is 1. The zero-order chi connectivity index (χ0) is 33.8. The molecule has 0 amide bonds. The van der Waals surface area contributed by atoms with Crippen LogP contribution < -0.4 is 17.0 Å². The van der Waals surface area contributed by atoms with Crippen molar-refractivity contribution in [3.63, 3.8) is 0 Å². The summed E-state index contributed by atoms with van der Waals surface area (Å²) in [5, 5.41) is 9.74. The first-order chi connectivity index (χ1) is 22.3. The van der Waals surface area contributed by atoms with Crippen LogP contribution in [-0.4, -0.2) is 101 Å². The van der Waals surface area contributed by atoms with E-state index in [0.717, 1.165) is 10.9 Å². The van der Waals surface area contributed by atoms with Gasteiger partial charge in [0.2, 0.25) is 13.2 Å². The third kappa shape index (κ3) is 6.30. The molecule has 2 saturated heterocycles. The molecular formula is C22H29FN10O10P2S2. The maximum Gasteiger partial charge on any atom is 0.386 e. The largest absolute Gasteiger partial charge is 0.394 e. The third-order valence-corrected chi connectivity index (χ3v) is 10.0. The van der Waals surface area contributed by atoms with Crippen molar-refractivity contribution in [2.75, 3.05) is 31.8 Å². The van der Waals surface area contributed by atoms with Gasteiger partial charge in [-0.05, 0) is 6.92 Å². The summed E-state index contributed by atoms with van der Waals surface area (Å²) in [5.41, 5.74) is 9.72. The highest BCUT2D eigenvalue weighted by Crippen LogP contribution is 2.58. The van der Waals surface area contributed by atoms with Crippen LogP contribution in [0.15, 0.2) is 23.8 Å². The molecule has 0 bridgehead atoms. The van der Waals surface area contributed by atoms with Crippen LogP contribution in [0.2, 0.25) is 0 Å². The molecule has 2 aliphatic heterocycles. The van der Waals surface area contributed by atoms with E-state index < -0.39 is 81.4 Å². The predicted octanol–water partition coefficient (Wildman–Crippen LogP) is 0.799. The molecule has 6 heterocycles. The van der Waals surface area contributed by atoms with Crippen LogP contribution >= 0.6 is 38.5 Å². The Balaban J connectivity index is 1.27. The van der Waals surface area contributed by atoms with E-state index in [9.17, 15) is 19.0 Å². The van der Waals surface area contributed by atoms with E-state index >= 15 is 4.39 Å². The van der Waals surface area contributed by atoms with Gasteiger partial charge in [0.25, 0.3) is 5.56 Å². The van der Waals surface area contributed by atoms with Gasteiger partial charge in [0, 0.05) is 7.11 Å². The fourth-order valence-electron chi connectivity index (χ4n) is 5.54. The highest BCUT2D eigenvalue weighted by Gasteiger charge is 2.57. The molecule has 4 aromatic heterocycles. The lowest BCUT2D eigenvalue weighted by atomic mass is 9.98. The lowest BCUT2D eigenvalue weighted by Crippen LogP contribution is -2.45. The number of aliphatic hydroxyl groups excluding tert-OH is 1. The zero-order valence-corrected chi connectivity index (χ0v) is 28.0. The van der Waals surface area contributed by atoms with Gasteiger partial charge in [-0.2, -0.15) is 4.98 Å².